The zero-order chi connectivity index (χ0) is 10.4. The number of nitrogens with one attached hydrogen (secondary N) is 1. The summed E-state index contributed by atoms with van der Waals surface area (Å²) < 4.78 is 0. The number of nitrogens with zero attached hydrogens (tertiary/aromatic N) is 1. The van der Waals surface area contributed by atoms with Gasteiger partial charge in [0.15, 0.2) is 0 Å². The van der Waals surface area contributed by atoms with Gasteiger partial charge in [-0.3, -0.25) is 0 Å². The second kappa shape index (κ2) is 6.14. The highest BCUT2D eigenvalue weighted by molar-refractivity contribution is 7.09. The van der Waals surface area contributed by atoms with Gasteiger partial charge in [0.25, 0.3) is 0 Å². The average molecular weight is 212 g/mol. The zero-order valence-corrected chi connectivity index (χ0v) is 10.1. The van der Waals surface area contributed by atoms with Crippen LogP contribution < -0.4 is 5.32 Å². The summed E-state index contributed by atoms with van der Waals surface area (Å²) in [7, 11) is 2.05. The van der Waals surface area contributed by atoms with Crippen LogP contribution in [0.1, 0.15) is 31.7 Å². The highest BCUT2D eigenvalue weighted by Gasteiger charge is 2.15. The summed E-state index contributed by atoms with van der Waals surface area (Å²) in [4.78, 5) is 4.33. The molecule has 0 aromatic carbocycles. The van der Waals surface area contributed by atoms with Crippen LogP contribution in [-0.2, 0) is 6.42 Å². The minimum atomic E-state index is 0.570. The van der Waals surface area contributed by atoms with Crippen molar-refractivity contribution in [1.82, 2.24) is 10.3 Å². The SMILES string of the molecule is CCCC(C)C(Cc1nccs1)NC. The Bertz CT molecular complexity index is 233. The maximum absolute atomic E-state index is 4.33. The third-order valence-electron chi connectivity index (χ3n) is 2.68. The van der Waals surface area contributed by atoms with Crippen LogP contribution >= 0.6 is 11.3 Å². The number of likely N-dealkylation sites (N-methyl/N-ethyl adjacent to an activating group) is 1. The molecule has 1 heterocycles. The molecule has 80 valence electrons. The molecule has 2 atom stereocenters. The van der Waals surface area contributed by atoms with Gasteiger partial charge in [-0.05, 0) is 19.4 Å². The molecule has 2 unspecified atom stereocenters. The van der Waals surface area contributed by atoms with Crippen LogP contribution in [-0.4, -0.2) is 18.1 Å². The number of thiazole rings is 1. The molecular weight excluding hydrogens is 192 g/mol. The summed E-state index contributed by atoms with van der Waals surface area (Å²) in [5, 5.41) is 6.68. The largest absolute Gasteiger partial charge is 0.316 e. The van der Waals surface area contributed by atoms with Gasteiger partial charge >= 0.3 is 0 Å². The van der Waals surface area contributed by atoms with E-state index in [0.717, 1.165) is 12.3 Å². The second-order valence-electron chi connectivity index (χ2n) is 3.79. The Kier molecular flexibility index (Phi) is 5.12. The van der Waals surface area contributed by atoms with Crippen molar-refractivity contribution in [2.24, 2.45) is 5.92 Å². The van der Waals surface area contributed by atoms with Crippen molar-refractivity contribution in [3.05, 3.63) is 16.6 Å². The van der Waals surface area contributed by atoms with Gasteiger partial charge in [-0.1, -0.05) is 20.3 Å². The maximum atomic E-state index is 4.33. The van der Waals surface area contributed by atoms with Gasteiger partial charge in [0.05, 0.1) is 5.01 Å². The topological polar surface area (TPSA) is 24.9 Å². The third kappa shape index (κ3) is 3.39. The van der Waals surface area contributed by atoms with E-state index in [4.69, 9.17) is 0 Å². The first-order valence-electron chi connectivity index (χ1n) is 5.33. The predicted octanol–water partition coefficient (Wildman–Crippen LogP) is 2.71. The minimum Gasteiger partial charge on any atom is -0.316 e. The fourth-order valence-electron chi connectivity index (χ4n) is 1.79. The molecule has 0 fully saturated rings. The molecule has 3 heteroatoms. The summed E-state index contributed by atoms with van der Waals surface area (Å²) in [5.41, 5.74) is 0. The molecule has 0 saturated carbocycles. The molecule has 2 nitrogen and oxygen atoms in total. The second-order valence-corrected chi connectivity index (χ2v) is 4.77. The first-order chi connectivity index (χ1) is 6.77. The Morgan fingerprint density at radius 3 is 2.86 bits per heavy atom. The van der Waals surface area contributed by atoms with Crippen LogP contribution in [0.2, 0.25) is 0 Å². The van der Waals surface area contributed by atoms with E-state index in [0.29, 0.717) is 6.04 Å². The number of hydrogen-bond donors (Lipinski definition) is 1. The third-order valence-corrected chi connectivity index (χ3v) is 3.48. The lowest BCUT2D eigenvalue weighted by atomic mass is 9.95. The summed E-state index contributed by atoms with van der Waals surface area (Å²) in [6.45, 7) is 4.56. The molecule has 0 aliphatic rings. The lowest BCUT2D eigenvalue weighted by molar-refractivity contribution is 0.371. The van der Waals surface area contributed by atoms with Crippen molar-refractivity contribution in [1.29, 1.82) is 0 Å². The summed E-state index contributed by atoms with van der Waals surface area (Å²) in [5.74, 6) is 0.730. The number of hydrogen-bond acceptors (Lipinski definition) is 3. The molecule has 0 radical (unpaired) electrons. The minimum absolute atomic E-state index is 0.570. The Labute approximate surface area is 90.8 Å². The highest BCUT2D eigenvalue weighted by Crippen LogP contribution is 2.16. The fourth-order valence-corrected chi connectivity index (χ4v) is 2.46. The van der Waals surface area contributed by atoms with Gasteiger partial charge in [-0.2, -0.15) is 0 Å². The Balaban J connectivity index is 2.46. The zero-order valence-electron chi connectivity index (χ0n) is 9.29. The van der Waals surface area contributed by atoms with Gasteiger partial charge in [0.2, 0.25) is 0 Å². The molecule has 0 aliphatic heterocycles. The summed E-state index contributed by atoms with van der Waals surface area (Å²) in [6.07, 6.45) is 5.50. The average Bonchev–Trinajstić information content (AvgIpc) is 2.66. The Hall–Kier alpha value is -0.410. The van der Waals surface area contributed by atoms with Gasteiger partial charge < -0.3 is 5.32 Å². The number of rotatable bonds is 6. The van der Waals surface area contributed by atoms with Crippen molar-refractivity contribution in [2.75, 3.05) is 7.05 Å². The van der Waals surface area contributed by atoms with Gasteiger partial charge in [-0.25, -0.2) is 4.98 Å². The van der Waals surface area contributed by atoms with Gasteiger partial charge in [0, 0.05) is 24.0 Å². The molecule has 14 heavy (non-hydrogen) atoms. The van der Waals surface area contributed by atoms with Crippen LogP contribution in [0.3, 0.4) is 0 Å². The quantitative estimate of drug-likeness (QED) is 0.784. The van der Waals surface area contributed by atoms with Crippen LogP contribution in [0.15, 0.2) is 11.6 Å². The highest BCUT2D eigenvalue weighted by atomic mass is 32.1. The smallest absolute Gasteiger partial charge is 0.0940 e. The molecular formula is C11H20N2S. The molecule has 0 saturated heterocycles. The molecule has 1 N–H and O–H groups in total. The predicted molar refractivity (Wildman–Crippen MR) is 62.7 cm³/mol. The molecule has 0 bridgehead atoms. The van der Waals surface area contributed by atoms with E-state index in [2.05, 4.69) is 24.1 Å². The summed E-state index contributed by atoms with van der Waals surface area (Å²) in [6, 6.07) is 0.570. The molecule has 1 aromatic rings. The first-order valence-corrected chi connectivity index (χ1v) is 6.21. The Morgan fingerprint density at radius 2 is 2.36 bits per heavy atom. The van der Waals surface area contributed by atoms with Crippen LogP contribution in [0.25, 0.3) is 0 Å². The van der Waals surface area contributed by atoms with E-state index in [-0.39, 0.29) is 0 Å². The van der Waals surface area contributed by atoms with Crippen molar-refractivity contribution in [3.8, 4) is 0 Å². The van der Waals surface area contributed by atoms with Crippen molar-refractivity contribution < 1.29 is 0 Å². The normalized spacial score (nSPS) is 15.4. The van der Waals surface area contributed by atoms with E-state index in [1.165, 1.54) is 17.8 Å². The van der Waals surface area contributed by atoms with Crippen molar-refractivity contribution >= 4 is 11.3 Å². The molecule has 0 amide bonds. The van der Waals surface area contributed by atoms with Crippen molar-refractivity contribution in [3.63, 3.8) is 0 Å². The lowest BCUT2D eigenvalue weighted by Gasteiger charge is -2.22. The first kappa shape index (κ1) is 11.7. The van der Waals surface area contributed by atoms with E-state index < -0.39 is 0 Å². The van der Waals surface area contributed by atoms with Crippen LogP contribution in [0, 0.1) is 5.92 Å². The number of aromatic nitrogens is 1. The van der Waals surface area contributed by atoms with E-state index in [9.17, 15) is 0 Å². The standard InChI is InChI=1S/C11H20N2S/c1-4-5-9(2)10(12-3)8-11-13-6-7-14-11/h6-7,9-10,12H,4-5,8H2,1-3H3. The van der Waals surface area contributed by atoms with Crippen LogP contribution in [0.4, 0.5) is 0 Å². The summed E-state index contributed by atoms with van der Waals surface area (Å²) >= 11 is 1.75. The molecule has 0 aliphatic carbocycles. The molecule has 1 rings (SSSR count). The van der Waals surface area contributed by atoms with Crippen LogP contribution in [0.5, 0.6) is 0 Å². The van der Waals surface area contributed by atoms with Crippen molar-refractivity contribution in [2.45, 2.75) is 39.2 Å². The van der Waals surface area contributed by atoms with E-state index in [1.54, 1.807) is 11.3 Å². The monoisotopic (exact) mass is 212 g/mol. The molecule has 0 spiro atoms. The van der Waals surface area contributed by atoms with E-state index in [1.807, 2.05) is 18.6 Å². The van der Waals surface area contributed by atoms with E-state index >= 15 is 0 Å². The fraction of sp³-hybridized carbons (Fsp3) is 0.727. The Morgan fingerprint density at radius 1 is 1.57 bits per heavy atom. The molecule has 1 aromatic heterocycles. The van der Waals surface area contributed by atoms with Gasteiger partial charge in [0.1, 0.15) is 0 Å². The maximum Gasteiger partial charge on any atom is 0.0940 e. The van der Waals surface area contributed by atoms with Gasteiger partial charge in [-0.15, -0.1) is 11.3 Å². The lowest BCUT2D eigenvalue weighted by Crippen LogP contribution is -2.34.